The minimum absolute atomic E-state index is 0.0532. The van der Waals surface area contributed by atoms with Crippen LogP contribution in [0.15, 0.2) is 0 Å². The Labute approximate surface area is 126 Å². The zero-order chi connectivity index (χ0) is 15.1. The van der Waals surface area contributed by atoms with Crippen LogP contribution in [0.2, 0.25) is 0 Å². The maximum absolute atomic E-state index is 11.9. The summed E-state index contributed by atoms with van der Waals surface area (Å²) in [6.45, 7) is 6.31. The van der Waals surface area contributed by atoms with E-state index in [1.54, 1.807) is 6.92 Å². The molecule has 0 aromatic rings. The highest BCUT2D eigenvalue weighted by molar-refractivity contribution is 5.78. The number of likely N-dealkylation sites (tertiary alicyclic amines) is 1. The Morgan fingerprint density at radius 3 is 3.00 bits per heavy atom. The van der Waals surface area contributed by atoms with Gasteiger partial charge >= 0.3 is 5.97 Å². The summed E-state index contributed by atoms with van der Waals surface area (Å²) in [4.78, 5) is 25.3. The van der Waals surface area contributed by atoms with Crippen LogP contribution in [0, 0.1) is 5.92 Å². The molecule has 0 bridgehead atoms. The van der Waals surface area contributed by atoms with Crippen LogP contribution in [0.4, 0.5) is 0 Å². The standard InChI is InChI=1S/C15H27N3O3/c1-2-21-15(20)6-4-8-17-14(19)11-18-9-12-5-3-7-16-13(12)10-18/h12-13,16H,2-11H2,1H3,(H,17,19)/t12-,13+/m0/s1. The Morgan fingerprint density at radius 2 is 2.24 bits per heavy atom. The number of nitrogens with one attached hydrogen (secondary N) is 2. The third kappa shape index (κ3) is 5.28. The number of hydrogen-bond acceptors (Lipinski definition) is 5. The smallest absolute Gasteiger partial charge is 0.305 e. The monoisotopic (exact) mass is 297 g/mol. The summed E-state index contributed by atoms with van der Waals surface area (Å²) >= 11 is 0. The molecule has 21 heavy (non-hydrogen) atoms. The van der Waals surface area contributed by atoms with Gasteiger partial charge in [0.15, 0.2) is 0 Å². The van der Waals surface area contributed by atoms with Crippen molar-refractivity contribution in [3.05, 3.63) is 0 Å². The molecular formula is C15H27N3O3. The van der Waals surface area contributed by atoms with Crippen molar-refractivity contribution in [1.29, 1.82) is 0 Å². The molecule has 1 amide bonds. The minimum atomic E-state index is -0.193. The zero-order valence-electron chi connectivity index (χ0n) is 12.9. The number of esters is 1. The maximum atomic E-state index is 11.9. The van der Waals surface area contributed by atoms with E-state index in [0.29, 0.717) is 44.5 Å². The van der Waals surface area contributed by atoms with E-state index in [1.165, 1.54) is 12.8 Å². The second-order valence-corrected chi connectivity index (χ2v) is 5.92. The van der Waals surface area contributed by atoms with Gasteiger partial charge in [-0.3, -0.25) is 14.5 Å². The van der Waals surface area contributed by atoms with Crippen LogP contribution in [0.25, 0.3) is 0 Å². The van der Waals surface area contributed by atoms with E-state index >= 15 is 0 Å². The van der Waals surface area contributed by atoms with Gasteiger partial charge in [0.1, 0.15) is 0 Å². The van der Waals surface area contributed by atoms with Gasteiger partial charge in [-0.15, -0.1) is 0 Å². The average molecular weight is 297 g/mol. The Kier molecular flexibility index (Phi) is 6.45. The Balaban J connectivity index is 1.56. The molecule has 6 heteroatoms. The number of carbonyl (C=O) groups is 2. The number of hydrogen-bond donors (Lipinski definition) is 2. The van der Waals surface area contributed by atoms with Crippen molar-refractivity contribution in [2.75, 3.05) is 39.3 Å². The summed E-state index contributed by atoms with van der Waals surface area (Å²) in [5, 5.41) is 6.42. The number of ether oxygens (including phenoxy) is 1. The van der Waals surface area contributed by atoms with Gasteiger partial charge in [-0.25, -0.2) is 0 Å². The summed E-state index contributed by atoms with van der Waals surface area (Å²) < 4.78 is 4.84. The lowest BCUT2D eigenvalue weighted by molar-refractivity contribution is -0.143. The van der Waals surface area contributed by atoms with E-state index in [9.17, 15) is 9.59 Å². The van der Waals surface area contributed by atoms with Gasteiger partial charge in [0, 0.05) is 32.1 Å². The Bertz CT molecular complexity index is 348. The molecule has 2 fully saturated rings. The van der Waals surface area contributed by atoms with Gasteiger partial charge in [-0.2, -0.15) is 0 Å². The van der Waals surface area contributed by atoms with Crippen molar-refractivity contribution in [1.82, 2.24) is 15.5 Å². The second-order valence-electron chi connectivity index (χ2n) is 5.92. The van der Waals surface area contributed by atoms with Crippen molar-refractivity contribution in [2.45, 2.75) is 38.6 Å². The Hall–Kier alpha value is -1.14. The third-order valence-electron chi connectivity index (χ3n) is 4.23. The fourth-order valence-corrected chi connectivity index (χ4v) is 3.22. The predicted molar refractivity (Wildman–Crippen MR) is 79.8 cm³/mol. The topological polar surface area (TPSA) is 70.7 Å². The highest BCUT2D eigenvalue weighted by Gasteiger charge is 2.34. The fraction of sp³-hybridized carbons (Fsp3) is 0.867. The number of fused-ring (bicyclic) bond motifs is 1. The van der Waals surface area contributed by atoms with Crippen LogP contribution in [-0.4, -0.2) is 62.1 Å². The van der Waals surface area contributed by atoms with Gasteiger partial charge in [-0.1, -0.05) is 0 Å². The highest BCUT2D eigenvalue weighted by Crippen LogP contribution is 2.24. The van der Waals surface area contributed by atoms with E-state index in [0.717, 1.165) is 19.6 Å². The van der Waals surface area contributed by atoms with Gasteiger partial charge in [0.2, 0.25) is 5.91 Å². The molecule has 6 nitrogen and oxygen atoms in total. The predicted octanol–water partition coefficient (Wildman–Crippen LogP) is 0.130. The molecule has 0 aliphatic carbocycles. The average Bonchev–Trinajstić information content (AvgIpc) is 2.86. The van der Waals surface area contributed by atoms with Crippen LogP contribution in [0.5, 0.6) is 0 Å². The van der Waals surface area contributed by atoms with Crippen molar-refractivity contribution in [3.8, 4) is 0 Å². The van der Waals surface area contributed by atoms with Crippen LogP contribution in [0.3, 0.4) is 0 Å². The molecule has 2 saturated heterocycles. The van der Waals surface area contributed by atoms with Crippen molar-refractivity contribution in [2.24, 2.45) is 5.92 Å². The summed E-state index contributed by atoms with van der Waals surface area (Å²) in [6.07, 6.45) is 3.52. The normalized spacial score (nSPS) is 25.4. The van der Waals surface area contributed by atoms with E-state index in [4.69, 9.17) is 4.74 Å². The molecule has 120 valence electrons. The lowest BCUT2D eigenvalue weighted by atomic mass is 9.94. The summed E-state index contributed by atoms with van der Waals surface area (Å²) in [7, 11) is 0. The number of carbonyl (C=O) groups excluding carboxylic acids is 2. The molecule has 0 saturated carbocycles. The van der Waals surface area contributed by atoms with E-state index in [-0.39, 0.29) is 11.9 Å². The summed E-state index contributed by atoms with van der Waals surface area (Å²) in [6, 6.07) is 0.565. The van der Waals surface area contributed by atoms with Gasteiger partial charge in [0.25, 0.3) is 0 Å². The van der Waals surface area contributed by atoms with Gasteiger partial charge in [0.05, 0.1) is 13.2 Å². The second kappa shape index (κ2) is 8.34. The van der Waals surface area contributed by atoms with Crippen LogP contribution >= 0.6 is 0 Å². The van der Waals surface area contributed by atoms with E-state index in [2.05, 4.69) is 15.5 Å². The number of piperidine rings is 1. The molecule has 0 unspecified atom stereocenters. The Morgan fingerprint density at radius 1 is 1.38 bits per heavy atom. The van der Waals surface area contributed by atoms with Crippen molar-refractivity contribution < 1.29 is 14.3 Å². The molecule has 2 N–H and O–H groups in total. The highest BCUT2D eigenvalue weighted by atomic mass is 16.5. The molecule has 0 radical (unpaired) electrons. The van der Waals surface area contributed by atoms with Crippen molar-refractivity contribution >= 4 is 11.9 Å². The van der Waals surface area contributed by atoms with Crippen LogP contribution in [0.1, 0.15) is 32.6 Å². The molecule has 2 aliphatic heterocycles. The maximum Gasteiger partial charge on any atom is 0.305 e. The lowest BCUT2D eigenvalue weighted by Crippen LogP contribution is -2.41. The molecule has 2 heterocycles. The quantitative estimate of drug-likeness (QED) is 0.516. The van der Waals surface area contributed by atoms with E-state index in [1.807, 2.05) is 0 Å². The molecular weight excluding hydrogens is 270 g/mol. The van der Waals surface area contributed by atoms with Gasteiger partial charge in [-0.05, 0) is 38.6 Å². The molecule has 0 aromatic carbocycles. The molecule has 0 aromatic heterocycles. The van der Waals surface area contributed by atoms with Crippen LogP contribution in [-0.2, 0) is 14.3 Å². The zero-order valence-corrected chi connectivity index (χ0v) is 12.9. The van der Waals surface area contributed by atoms with E-state index < -0.39 is 0 Å². The largest absolute Gasteiger partial charge is 0.466 e. The first-order valence-electron chi connectivity index (χ1n) is 8.07. The number of nitrogens with zero attached hydrogens (tertiary/aromatic N) is 1. The fourth-order valence-electron chi connectivity index (χ4n) is 3.22. The van der Waals surface area contributed by atoms with Crippen LogP contribution < -0.4 is 10.6 Å². The lowest BCUT2D eigenvalue weighted by Gasteiger charge is -2.24. The third-order valence-corrected chi connectivity index (χ3v) is 4.23. The first kappa shape index (κ1) is 16.2. The first-order chi connectivity index (χ1) is 10.2. The molecule has 0 spiro atoms. The SMILES string of the molecule is CCOC(=O)CCCNC(=O)CN1C[C@@H]2CCCN[C@@H]2C1. The first-order valence-corrected chi connectivity index (χ1v) is 8.07. The number of rotatable bonds is 7. The summed E-state index contributed by atoms with van der Waals surface area (Å²) in [5.41, 5.74) is 0. The summed E-state index contributed by atoms with van der Waals surface area (Å²) in [5.74, 6) is 0.564. The molecule has 2 rings (SSSR count). The molecule has 2 aliphatic rings. The van der Waals surface area contributed by atoms with Crippen molar-refractivity contribution in [3.63, 3.8) is 0 Å². The minimum Gasteiger partial charge on any atom is -0.466 e. The number of amides is 1. The van der Waals surface area contributed by atoms with Gasteiger partial charge < -0.3 is 15.4 Å². The molecule has 2 atom stereocenters.